The molecular formula is C23H42N2O4. The lowest BCUT2D eigenvalue weighted by Gasteiger charge is -2.31. The van der Waals surface area contributed by atoms with E-state index in [1.54, 1.807) is 0 Å². The van der Waals surface area contributed by atoms with Crippen molar-refractivity contribution in [2.75, 3.05) is 0 Å². The lowest BCUT2D eigenvalue weighted by Crippen LogP contribution is -2.52. The van der Waals surface area contributed by atoms with Gasteiger partial charge < -0.3 is 15.3 Å². The second kappa shape index (κ2) is 18.0. The zero-order valence-corrected chi connectivity index (χ0v) is 19.2. The van der Waals surface area contributed by atoms with E-state index in [4.69, 9.17) is 0 Å². The molecular weight excluding hydrogens is 368 g/mol. The van der Waals surface area contributed by atoms with Crippen LogP contribution in [0.4, 0.5) is 0 Å². The molecule has 2 amide bonds. The Hall–Kier alpha value is -2.11. The minimum Gasteiger partial charge on any atom is -0.480 e. The van der Waals surface area contributed by atoms with Crippen molar-refractivity contribution in [1.82, 2.24) is 10.2 Å². The number of hydrogen-bond donors (Lipinski definition) is 2. The predicted octanol–water partition coefficient (Wildman–Crippen LogP) is 4.70. The summed E-state index contributed by atoms with van der Waals surface area (Å²) in [6.45, 7) is 15.7. The third-order valence-corrected chi connectivity index (χ3v) is 4.67. The van der Waals surface area contributed by atoms with Gasteiger partial charge in [0.05, 0.1) is 0 Å². The van der Waals surface area contributed by atoms with Gasteiger partial charge in [-0.25, -0.2) is 4.79 Å². The van der Waals surface area contributed by atoms with E-state index >= 15 is 0 Å². The number of carboxylic acid groups (broad SMARTS) is 1. The van der Waals surface area contributed by atoms with Crippen molar-refractivity contribution in [1.29, 1.82) is 0 Å². The number of nitrogens with zero attached hydrogens (tertiary/aromatic N) is 1. The number of nitrogens with one attached hydrogen (secondary N) is 1. The first kappa shape index (κ1) is 29.1. The summed E-state index contributed by atoms with van der Waals surface area (Å²) >= 11 is 0. The van der Waals surface area contributed by atoms with Gasteiger partial charge in [0.25, 0.3) is 0 Å². The molecule has 1 fully saturated rings. The van der Waals surface area contributed by atoms with E-state index in [9.17, 15) is 19.5 Å². The molecule has 2 N–H and O–H groups in total. The molecule has 0 aromatic rings. The zero-order valence-electron chi connectivity index (χ0n) is 19.2. The number of carboxylic acids is 1. The zero-order chi connectivity index (χ0) is 22.8. The fraction of sp³-hybridized carbons (Fsp3) is 0.696. The highest BCUT2D eigenvalue weighted by Gasteiger charge is 2.42. The third kappa shape index (κ3) is 12.1. The van der Waals surface area contributed by atoms with Crippen molar-refractivity contribution >= 4 is 18.3 Å². The Balaban J connectivity index is 0. The lowest BCUT2D eigenvalue weighted by atomic mass is 10.1. The molecule has 0 spiro atoms. The van der Waals surface area contributed by atoms with Gasteiger partial charge in [0.2, 0.25) is 12.3 Å². The molecule has 168 valence electrons. The lowest BCUT2D eigenvalue weighted by molar-refractivity contribution is -0.150. The molecule has 6 nitrogen and oxygen atoms in total. The highest BCUT2D eigenvalue weighted by molar-refractivity contribution is 5.89. The smallest absolute Gasteiger partial charge is 0.326 e. The van der Waals surface area contributed by atoms with Crippen molar-refractivity contribution in [2.45, 2.75) is 105 Å². The van der Waals surface area contributed by atoms with Crippen molar-refractivity contribution in [3.63, 3.8) is 0 Å². The highest BCUT2D eigenvalue weighted by atomic mass is 16.4. The predicted molar refractivity (Wildman–Crippen MR) is 120 cm³/mol. The van der Waals surface area contributed by atoms with Gasteiger partial charge in [0, 0.05) is 6.04 Å². The maximum absolute atomic E-state index is 12.6. The van der Waals surface area contributed by atoms with Crippen LogP contribution in [-0.4, -0.2) is 46.4 Å². The summed E-state index contributed by atoms with van der Waals surface area (Å²) < 4.78 is 0. The topological polar surface area (TPSA) is 86.7 Å². The molecule has 1 heterocycles. The van der Waals surface area contributed by atoms with Crippen LogP contribution in [0.15, 0.2) is 24.3 Å². The Morgan fingerprint density at radius 3 is 2.10 bits per heavy atom. The molecule has 0 bridgehead atoms. The third-order valence-electron chi connectivity index (χ3n) is 4.67. The van der Waals surface area contributed by atoms with E-state index < -0.39 is 18.1 Å². The fourth-order valence-corrected chi connectivity index (χ4v) is 2.90. The molecule has 29 heavy (non-hydrogen) atoms. The van der Waals surface area contributed by atoms with E-state index in [1.165, 1.54) is 10.5 Å². The minimum absolute atomic E-state index is 0.0265. The Morgan fingerprint density at radius 2 is 1.76 bits per heavy atom. The fourth-order valence-electron chi connectivity index (χ4n) is 2.90. The molecule has 1 saturated heterocycles. The molecule has 1 aliphatic rings. The van der Waals surface area contributed by atoms with Gasteiger partial charge in [-0.15, -0.1) is 6.58 Å². The molecule has 0 aromatic heterocycles. The van der Waals surface area contributed by atoms with Crippen LogP contribution in [0, 0.1) is 0 Å². The molecule has 0 saturated carbocycles. The Bertz CT molecular complexity index is 513. The van der Waals surface area contributed by atoms with Crippen LogP contribution in [0.1, 0.15) is 86.5 Å². The van der Waals surface area contributed by atoms with E-state index in [2.05, 4.69) is 38.7 Å². The average Bonchev–Trinajstić information content (AvgIpc) is 3.12. The first-order valence-electron chi connectivity index (χ1n) is 10.7. The standard InChI is InChI=1S/C14H24N2O4.C5H10.C4H8/c1-3-5-10-7-8-12(14(19)20)16(10)13(18)11(6-4-2)15-9-17;1-4-5(2)3;1-3-4-2/h9-12H,3-8H2,1-2H3,(H,15,17)(H,19,20);4H,1-3H3;3H,1,4H2,2H3. The summed E-state index contributed by atoms with van der Waals surface area (Å²) in [6, 6.07) is -1.40. The maximum atomic E-state index is 12.6. The van der Waals surface area contributed by atoms with Crippen LogP contribution in [0.2, 0.25) is 0 Å². The molecule has 1 rings (SSSR count). The van der Waals surface area contributed by atoms with Crippen LogP contribution in [-0.2, 0) is 14.4 Å². The largest absolute Gasteiger partial charge is 0.480 e. The quantitative estimate of drug-likeness (QED) is 0.426. The van der Waals surface area contributed by atoms with Gasteiger partial charge >= 0.3 is 5.97 Å². The van der Waals surface area contributed by atoms with Crippen molar-refractivity contribution in [3.8, 4) is 0 Å². The van der Waals surface area contributed by atoms with E-state index in [1.807, 2.05) is 26.8 Å². The monoisotopic (exact) mass is 410 g/mol. The average molecular weight is 411 g/mol. The molecule has 3 unspecified atom stereocenters. The van der Waals surface area contributed by atoms with Gasteiger partial charge in [0.1, 0.15) is 12.1 Å². The van der Waals surface area contributed by atoms with E-state index in [0.717, 1.165) is 32.1 Å². The van der Waals surface area contributed by atoms with Gasteiger partial charge in [-0.1, -0.05) is 51.3 Å². The molecule has 0 radical (unpaired) electrons. The first-order valence-corrected chi connectivity index (χ1v) is 10.7. The van der Waals surface area contributed by atoms with Crippen LogP contribution < -0.4 is 5.32 Å². The van der Waals surface area contributed by atoms with E-state index in [-0.39, 0.29) is 11.9 Å². The Kier molecular flexibility index (Phi) is 18.0. The highest BCUT2D eigenvalue weighted by Crippen LogP contribution is 2.28. The molecule has 0 aliphatic carbocycles. The van der Waals surface area contributed by atoms with Crippen LogP contribution in [0.25, 0.3) is 0 Å². The van der Waals surface area contributed by atoms with Crippen molar-refractivity contribution in [3.05, 3.63) is 24.3 Å². The van der Waals surface area contributed by atoms with Crippen molar-refractivity contribution < 1.29 is 19.5 Å². The molecule has 1 aliphatic heterocycles. The number of aliphatic carboxylic acids is 1. The van der Waals surface area contributed by atoms with E-state index in [0.29, 0.717) is 19.3 Å². The number of amides is 2. The van der Waals surface area contributed by atoms with Gasteiger partial charge in [-0.3, -0.25) is 9.59 Å². The second-order valence-electron chi connectivity index (χ2n) is 7.31. The van der Waals surface area contributed by atoms with Crippen LogP contribution in [0.3, 0.4) is 0 Å². The number of likely N-dealkylation sites (tertiary alicyclic amines) is 1. The molecule has 3 atom stereocenters. The van der Waals surface area contributed by atoms with Gasteiger partial charge in [-0.2, -0.15) is 0 Å². The number of carbonyl (C=O) groups excluding carboxylic acids is 2. The van der Waals surface area contributed by atoms with Gasteiger partial charge in [-0.05, 0) is 52.9 Å². The van der Waals surface area contributed by atoms with Crippen molar-refractivity contribution in [2.24, 2.45) is 0 Å². The number of carbonyl (C=O) groups is 3. The number of rotatable bonds is 9. The normalized spacial score (nSPS) is 18.2. The van der Waals surface area contributed by atoms with Crippen LogP contribution >= 0.6 is 0 Å². The molecule has 6 heteroatoms. The second-order valence-corrected chi connectivity index (χ2v) is 7.31. The SMILES string of the molecule is C=CCC.CC=C(C)C.CCCC(NC=O)C(=O)N1C(CCC)CCC1C(=O)O. The number of allylic oxidation sites excluding steroid dienone is 3. The summed E-state index contributed by atoms with van der Waals surface area (Å²) in [6.07, 6.45) is 9.75. The van der Waals surface area contributed by atoms with Gasteiger partial charge in [0.15, 0.2) is 0 Å². The van der Waals surface area contributed by atoms with Crippen LogP contribution in [0.5, 0.6) is 0 Å². The number of hydrogen-bond acceptors (Lipinski definition) is 3. The first-order chi connectivity index (χ1) is 13.7. The summed E-state index contributed by atoms with van der Waals surface area (Å²) in [5.41, 5.74) is 1.38. The maximum Gasteiger partial charge on any atom is 0.326 e. The Morgan fingerprint density at radius 1 is 1.21 bits per heavy atom. The molecule has 0 aromatic carbocycles. The summed E-state index contributed by atoms with van der Waals surface area (Å²) in [4.78, 5) is 36.0. The summed E-state index contributed by atoms with van der Waals surface area (Å²) in [7, 11) is 0. The minimum atomic E-state index is -0.960. The summed E-state index contributed by atoms with van der Waals surface area (Å²) in [5.74, 6) is -1.22. The summed E-state index contributed by atoms with van der Waals surface area (Å²) in [5, 5.41) is 11.8. The Labute approximate surface area is 177 Å².